The molecule has 0 bridgehead atoms. The summed E-state index contributed by atoms with van der Waals surface area (Å²) >= 11 is 0. The largest absolute Gasteiger partial charge is 0.593 e. The molecule has 8 heteroatoms. The van der Waals surface area contributed by atoms with Crippen LogP contribution in [0.3, 0.4) is 0 Å². The molecule has 1 saturated heterocycles. The molecule has 2 atom stereocenters. The average Bonchev–Trinajstić information content (AvgIpc) is 3.15. The Morgan fingerprint density at radius 3 is 3.22 bits per heavy atom. The number of fused-ring (bicyclic) bond motifs is 1. The Morgan fingerprint density at radius 1 is 1.48 bits per heavy atom. The van der Waals surface area contributed by atoms with Crippen LogP contribution in [0, 0.1) is 0 Å². The van der Waals surface area contributed by atoms with E-state index in [1.165, 1.54) is 6.07 Å². The minimum atomic E-state index is -3.58. The Labute approximate surface area is 135 Å². The Morgan fingerprint density at radius 2 is 2.39 bits per heavy atom. The summed E-state index contributed by atoms with van der Waals surface area (Å²) in [4.78, 5) is 6.45. The Balaban J connectivity index is 1.57. The van der Waals surface area contributed by atoms with E-state index in [9.17, 15) is 8.76 Å². The zero-order valence-electron chi connectivity index (χ0n) is 12.4. The maximum absolute atomic E-state index is 12.3. The number of pyridine rings is 1. The molecule has 0 saturated carbocycles. The summed E-state index contributed by atoms with van der Waals surface area (Å²) in [5.74, 6) is 0.183. The van der Waals surface area contributed by atoms with Crippen LogP contribution in [0.25, 0.3) is 0 Å². The third-order valence-corrected chi connectivity index (χ3v) is 5.72. The van der Waals surface area contributed by atoms with Gasteiger partial charge in [-0.05, 0) is 12.1 Å². The highest BCUT2D eigenvalue weighted by Crippen LogP contribution is 2.35. The predicted octanol–water partition coefficient (Wildman–Crippen LogP) is 1.21. The van der Waals surface area contributed by atoms with Gasteiger partial charge in [-0.1, -0.05) is 4.21 Å². The van der Waals surface area contributed by atoms with Gasteiger partial charge in [0.05, 0.1) is 19.1 Å². The monoisotopic (exact) mass is 335 g/mol. The number of aromatic nitrogens is 1. The van der Waals surface area contributed by atoms with Crippen LogP contribution >= 0.6 is 0 Å². The lowest BCUT2D eigenvalue weighted by molar-refractivity contribution is 0.0747. The summed E-state index contributed by atoms with van der Waals surface area (Å²) in [6, 6.07) is 5.04. The lowest BCUT2D eigenvalue weighted by atomic mass is 10.0. The van der Waals surface area contributed by atoms with E-state index in [2.05, 4.69) is 14.6 Å². The van der Waals surface area contributed by atoms with E-state index in [-0.39, 0.29) is 17.3 Å². The molecule has 4 heterocycles. The molecule has 0 radical (unpaired) electrons. The van der Waals surface area contributed by atoms with Crippen LogP contribution < -0.4 is 9.46 Å². The van der Waals surface area contributed by atoms with Gasteiger partial charge < -0.3 is 13.7 Å². The minimum absolute atomic E-state index is 0.102. The van der Waals surface area contributed by atoms with E-state index in [1.807, 2.05) is 6.07 Å². The van der Waals surface area contributed by atoms with Crippen LogP contribution in [-0.2, 0) is 21.2 Å². The number of nitrogens with zero attached hydrogens (tertiary/aromatic N) is 2. The number of furan rings is 1. The van der Waals surface area contributed by atoms with Crippen molar-refractivity contribution in [1.29, 1.82) is 0 Å². The third-order valence-electron chi connectivity index (χ3n) is 4.30. The summed E-state index contributed by atoms with van der Waals surface area (Å²) in [5, 5.41) is 0. The molecule has 1 fully saturated rings. The van der Waals surface area contributed by atoms with Gasteiger partial charge in [-0.2, -0.15) is 0 Å². The molecule has 2 aromatic rings. The maximum atomic E-state index is 12.3. The Kier molecular flexibility index (Phi) is 3.49. The van der Waals surface area contributed by atoms with E-state index in [0.29, 0.717) is 6.54 Å². The number of sulfonamides is 1. The molecule has 1 N–H and O–H groups in total. The average molecular weight is 335 g/mol. The van der Waals surface area contributed by atoms with Crippen molar-refractivity contribution in [3.05, 3.63) is 42.5 Å². The van der Waals surface area contributed by atoms with E-state index in [0.717, 1.165) is 25.1 Å². The summed E-state index contributed by atoms with van der Waals surface area (Å²) in [5.41, 5.74) is 0.505. The topological polar surface area (TPSA) is 90.7 Å². The van der Waals surface area contributed by atoms with Crippen molar-refractivity contribution in [2.24, 2.45) is 0 Å². The maximum Gasteiger partial charge on any atom is 0.272 e. The van der Waals surface area contributed by atoms with Gasteiger partial charge in [-0.3, -0.25) is 4.90 Å². The van der Waals surface area contributed by atoms with E-state index in [4.69, 9.17) is 9.15 Å². The fraction of sp³-hybridized carbons (Fsp3) is 0.400. The molecule has 2 aliphatic rings. The molecule has 1 spiro atoms. The molecule has 0 amide bonds. The predicted molar refractivity (Wildman–Crippen MR) is 81.3 cm³/mol. The molecular weight excluding hydrogens is 318 g/mol. The van der Waals surface area contributed by atoms with Crippen LogP contribution in [0.2, 0.25) is 0 Å². The van der Waals surface area contributed by atoms with Gasteiger partial charge in [0.2, 0.25) is 4.90 Å². The minimum Gasteiger partial charge on any atom is -0.593 e. The molecule has 4 rings (SSSR count). The number of hydrogen-bond acceptors (Lipinski definition) is 6. The first kappa shape index (κ1) is 14.8. The number of rotatable bonds is 2. The number of nitrogens with one attached hydrogen (secondary N) is 1. The van der Waals surface area contributed by atoms with Crippen LogP contribution in [0.1, 0.15) is 12.0 Å². The molecule has 122 valence electrons. The molecule has 2 unspecified atom stereocenters. The lowest BCUT2D eigenvalue weighted by Crippen LogP contribution is -2.48. The van der Waals surface area contributed by atoms with Crippen molar-refractivity contribution in [3.63, 3.8) is 0 Å². The summed E-state index contributed by atoms with van der Waals surface area (Å²) in [7, 11) is -3.58. The van der Waals surface area contributed by atoms with Crippen LogP contribution in [0.5, 0.6) is 5.88 Å². The SMILES string of the molecule is O=[S+]1([O-])NCC2(CCN(Cc3ccoc3)C2)Oc2ncccc21. The van der Waals surface area contributed by atoms with Gasteiger partial charge in [-0.25, -0.2) is 4.98 Å². The molecule has 2 aliphatic heterocycles. The molecule has 2 aromatic heterocycles. The zero-order chi connectivity index (χ0) is 15.9. The molecule has 0 aromatic carbocycles. The number of hydrogen-bond donors (Lipinski definition) is 1. The van der Waals surface area contributed by atoms with Crippen LogP contribution in [-0.4, -0.2) is 39.7 Å². The summed E-state index contributed by atoms with van der Waals surface area (Å²) in [6.07, 6.45) is 5.66. The first-order valence-corrected chi connectivity index (χ1v) is 8.92. The molecule has 0 aliphatic carbocycles. The fourth-order valence-corrected chi connectivity index (χ4v) is 4.32. The standard InChI is InChI=1S/C15H17N3O4S/c19-23(20)13-2-1-5-16-14(13)22-15(10-17-23)4-6-18(11-15)8-12-3-7-21-9-12/h1-3,5,7,9H,4,6,8,10-11H2,(H-,17,19,20). The van der Waals surface area contributed by atoms with Gasteiger partial charge in [0, 0.05) is 43.9 Å². The first-order chi connectivity index (χ1) is 11.1. The van der Waals surface area contributed by atoms with Crippen molar-refractivity contribution < 1.29 is 17.9 Å². The van der Waals surface area contributed by atoms with Crippen molar-refractivity contribution in [2.75, 3.05) is 19.6 Å². The van der Waals surface area contributed by atoms with E-state index in [1.54, 1.807) is 24.8 Å². The second kappa shape index (κ2) is 5.41. The van der Waals surface area contributed by atoms with Crippen LogP contribution in [0.4, 0.5) is 0 Å². The Hall–Kier alpha value is -1.74. The second-order valence-electron chi connectivity index (χ2n) is 6.01. The summed E-state index contributed by atoms with van der Waals surface area (Å²) < 4.78 is 38.4. The van der Waals surface area contributed by atoms with Gasteiger partial charge in [0.25, 0.3) is 5.88 Å². The van der Waals surface area contributed by atoms with Crippen molar-refractivity contribution >= 4 is 10.4 Å². The van der Waals surface area contributed by atoms with E-state index < -0.39 is 16.0 Å². The zero-order valence-corrected chi connectivity index (χ0v) is 13.3. The third kappa shape index (κ3) is 2.78. The fourth-order valence-electron chi connectivity index (χ4n) is 3.13. The number of ether oxygens (including phenoxy) is 1. The lowest BCUT2D eigenvalue weighted by Gasteiger charge is -2.27. The quantitative estimate of drug-likeness (QED) is 0.830. The highest BCUT2D eigenvalue weighted by molar-refractivity contribution is 7.95. The van der Waals surface area contributed by atoms with Gasteiger partial charge in [0.15, 0.2) is 10.4 Å². The molecule has 7 nitrogen and oxygen atoms in total. The second-order valence-corrected chi connectivity index (χ2v) is 7.74. The first-order valence-electron chi connectivity index (χ1n) is 7.44. The van der Waals surface area contributed by atoms with Gasteiger partial charge in [-0.15, -0.1) is 4.72 Å². The van der Waals surface area contributed by atoms with Crippen molar-refractivity contribution in [1.82, 2.24) is 14.6 Å². The van der Waals surface area contributed by atoms with Gasteiger partial charge >= 0.3 is 0 Å². The van der Waals surface area contributed by atoms with E-state index >= 15 is 0 Å². The number of likely N-dealkylation sites (tertiary alicyclic amines) is 1. The van der Waals surface area contributed by atoms with Gasteiger partial charge in [0.1, 0.15) is 5.60 Å². The van der Waals surface area contributed by atoms with Crippen LogP contribution in [0.15, 0.2) is 46.2 Å². The summed E-state index contributed by atoms with van der Waals surface area (Å²) in [6.45, 7) is 2.46. The van der Waals surface area contributed by atoms with Crippen molar-refractivity contribution in [2.45, 2.75) is 23.5 Å². The highest BCUT2D eigenvalue weighted by Gasteiger charge is 2.46. The smallest absolute Gasteiger partial charge is 0.272 e. The Bertz CT molecular complexity index is 751. The van der Waals surface area contributed by atoms with Crippen molar-refractivity contribution in [3.8, 4) is 5.88 Å². The normalized spacial score (nSPS) is 30.8. The molecular formula is C15H17N3O4S. The molecule has 23 heavy (non-hydrogen) atoms. The highest BCUT2D eigenvalue weighted by atomic mass is 32.3.